The zero-order valence-corrected chi connectivity index (χ0v) is 10.6. The zero-order chi connectivity index (χ0) is 12.3. The van der Waals surface area contributed by atoms with Gasteiger partial charge >= 0.3 is 0 Å². The summed E-state index contributed by atoms with van der Waals surface area (Å²) in [6.45, 7) is 4.56. The van der Waals surface area contributed by atoms with Crippen LogP contribution in [0.4, 0.5) is 0 Å². The maximum absolute atomic E-state index is 5.80. The topological polar surface area (TPSA) is 39.9 Å². The van der Waals surface area contributed by atoms with Gasteiger partial charge < -0.3 is 9.30 Å². The van der Waals surface area contributed by atoms with E-state index in [-0.39, 0.29) is 0 Å². The van der Waals surface area contributed by atoms with E-state index in [2.05, 4.69) is 24.0 Å². The first-order valence-electron chi connectivity index (χ1n) is 5.43. The summed E-state index contributed by atoms with van der Waals surface area (Å²) < 4.78 is 7.60. The molecule has 0 aliphatic carbocycles. The van der Waals surface area contributed by atoms with Crippen molar-refractivity contribution in [1.82, 2.24) is 14.8 Å². The molecule has 1 heterocycles. The van der Waals surface area contributed by atoms with E-state index >= 15 is 0 Å². The molecule has 1 aromatic carbocycles. The molecule has 0 unspecified atom stereocenters. The summed E-state index contributed by atoms with van der Waals surface area (Å²) in [7, 11) is 0. The van der Waals surface area contributed by atoms with Crippen LogP contribution in [0.25, 0.3) is 0 Å². The quantitative estimate of drug-likeness (QED) is 0.838. The molecule has 0 fully saturated rings. The molecule has 2 rings (SSSR count). The summed E-state index contributed by atoms with van der Waals surface area (Å²) >= 11 is 5.80. The first kappa shape index (κ1) is 11.9. The highest BCUT2D eigenvalue weighted by atomic mass is 35.5. The molecule has 0 radical (unpaired) electrons. The van der Waals surface area contributed by atoms with Crippen molar-refractivity contribution < 1.29 is 4.74 Å². The number of rotatable bonds is 4. The molecule has 90 valence electrons. The lowest BCUT2D eigenvalue weighted by atomic mass is 10.3. The lowest BCUT2D eigenvalue weighted by Crippen LogP contribution is -2.08. The van der Waals surface area contributed by atoms with Gasteiger partial charge in [-0.2, -0.15) is 0 Å². The number of nitrogens with zero attached hydrogens (tertiary/aromatic N) is 3. The van der Waals surface area contributed by atoms with Gasteiger partial charge in [-0.3, -0.25) is 0 Å². The number of benzene rings is 1. The summed E-state index contributed by atoms with van der Waals surface area (Å²) in [6.07, 6.45) is 1.71. The Balaban J connectivity index is 2.02. The third kappa shape index (κ3) is 2.97. The molecule has 17 heavy (non-hydrogen) atoms. The Bertz CT molecular complexity index is 479. The van der Waals surface area contributed by atoms with Gasteiger partial charge in [0.05, 0.1) is 0 Å². The molecule has 0 aliphatic heterocycles. The Labute approximate surface area is 105 Å². The van der Waals surface area contributed by atoms with Crippen molar-refractivity contribution >= 4 is 11.6 Å². The van der Waals surface area contributed by atoms with Crippen LogP contribution >= 0.6 is 11.6 Å². The highest BCUT2D eigenvalue weighted by Crippen LogP contribution is 2.17. The fourth-order valence-corrected chi connectivity index (χ4v) is 1.61. The van der Waals surface area contributed by atoms with E-state index in [9.17, 15) is 0 Å². The van der Waals surface area contributed by atoms with Crippen LogP contribution in [-0.2, 0) is 6.61 Å². The average Bonchev–Trinajstić information content (AvgIpc) is 2.76. The molecule has 0 aliphatic rings. The fraction of sp³-hybridized carbons (Fsp3) is 0.333. The number of ether oxygens (including phenoxy) is 1. The number of hydrogen-bond donors (Lipinski definition) is 0. The summed E-state index contributed by atoms with van der Waals surface area (Å²) in [5.41, 5.74) is 0. The molecule has 0 saturated carbocycles. The minimum Gasteiger partial charge on any atom is -0.486 e. The molecule has 1 aromatic heterocycles. The van der Waals surface area contributed by atoms with Crippen molar-refractivity contribution in [3.63, 3.8) is 0 Å². The Morgan fingerprint density at radius 2 is 2.00 bits per heavy atom. The van der Waals surface area contributed by atoms with Gasteiger partial charge in [0.1, 0.15) is 18.7 Å². The summed E-state index contributed by atoms with van der Waals surface area (Å²) in [6, 6.07) is 7.58. The zero-order valence-electron chi connectivity index (χ0n) is 9.80. The van der Waals surface area contributed by atoms with Crippen molar-refractivity contribution in [2.75, 3.05) is 0 Å². The van der Waals surface area contributed by atoms with Crippen LogP contribution in [0.5, 0.6) is 5.75 Å². The van der Waals surface area contributed by atoms with Gasteiger partial charge in [-0.05, 0) is 38.1 Å². The Morgan fingerprint density at radius 1 is 1.29 bits per heavy atom. The summed E-state index contributed by atoms with van der Waals surface area (Å²) in [5, 5.41) is 8.61. The number of aromatic nitrogens is 3. The Kier molecular flexibility index (Phi) is 3.64. The molecule has 2 aromatic rings. The molecule has 5 heteroatoms. The van der Waals surface area contributed by atoms with Crippen molar-refractivity contribution in [2.45, 2.75) is 26.5 Å². The van der Waals surface area contributed by atoms with Crippen LogP contribution in [0.3, 0.4) is 0 Å². The minimum atomic E-state index is 0.328. The van der Waals surface area contributed by atoms with E-state index in [1.54, 1.807) is 18.5 Å². The van der Waals surface area contributed by atoms with E-state index in [4.69, 9.17) is 16.3 Å². The van der Waals surface area contributed by atoms with Gasteiger partial charge in [-0.25, -0.2) is 0 Å². The van der Waals surface area contributed by atoms with Crippen molar-refractivity contribution in [3.8, 4) is 5.75 Å². The van der Waals surface area contributed by atoms with Gasteiger partial charge in [0.25, 0.3) is 0 Å². The van der Waals surface area contributed by atoms with Crippen LogP contribution in [-0.4, -0.2) is 14.8 Å². The monoisotopic (exact) mass is 251 g/mol. The largest absolute Gasteiger partial charge is 0.486 e. The Morgan fingerprint density at radius 3 is 2.65 bits per heavy atom. The molecule has 0 spiro atoms. The standard InChI is InChI=1S/C12H14ClN3O/c1-9(2)16-8-14-15-12(16)7-17-11-5-3-10(13)4-6-11/h3-6,8-9H,7H2,1-2H3. The molecule has 0 saturated heterocycles. The summed E-state index contributed by atoms with van der Waals surface area (Å²) in [5.74, 6) is 1.59. The predicted molar refractivity (Wildman–Crippen MR) is 66.2 cm³/mol. The van der Waals surface area contributed by atoms with Crippen molar-refractivity contribution in [1.29, 1.82) is 0 Å². The second kappa shape index (κ2) is 5.19. The SMILES string of the molecule is CC(C)n1cnnc1COc1ccc(Cl)cc1. The molecule has 0 bridgehead atoms. The van der Waals surface area contributed by atoms with Crippen molar-refractivity contribution in [3.05, 3.63) is 41.4 Å². The van der Waals surface area contributed by atoms with Crippen LogP contribution in [0.15, 0.2) is 30.6 Å². The van der Waals surface area contributed by atoms with E-state index < -0.39 is 0 Å². The van der Waals surface area contributed by atoms with Gasteiger partial charge in [-0.1, -0.05) is 11.6 Å². The van der Waals surface area contributed by atoms with E-state index in [0.717, 1.165) is 11.6 Å². The van der Waals surface area contributed by atoms with Gasteiger partial charge in [0.15, 0.2) is 5.82 Å². The second-order valence-electron chi connectivity index (χ2n) is 3.99. The maximum atomic E-state index is 5.80. The van der Waals surface area contributed by atoms with Crippen molar-refractivity contribution in [2.24, 2.45) is 0 Å². The van der Waals surface area contributed by atoms with Gasteiger partial charge in [0.2, 0.25) is 0 Å². The predicted octanol–water partition coefficient (Wildman–Crippen LogP) is 3.09. The van der Waals surface area contributed by atoms with E-state index in [1.807, 2.05) is 16.7 Å². The lowest BCUT2D eigenvalue weighted by Gasteiger charge is -2.10. The first-order chi connectivity index (χ1) is 8.16. The van der Waals surface area contributed by atoms with Crippen LogP contribution in [0.1, 0.15) is 25.7 Å². The third-order valence-electron chi connectivity index (χ3n) is 2.39. The normalized spacial score (nSPS) is 10.8. The van der Waals surface area contributed by atoms with Crippen LogP contribution in [0, 0.1) is 0 Å². The van der Waals surface area contributed by atoms with Crippen LogP contribution in [0.2, 0.25) is 5.02 Å². The molecule has 0 N–H and O–H groups in total. The molecule has 0 atom stereocenters. The van der Waals surface area contributed by atoms with E-state index in [1.165, 1.54) is 0 Å². The number of hydrogen-bond acceptors (Lipinski definition) is 3. The summed E-state index contributed by atoms with van der Waals surface area (Å²) in [4.78, 5) is 0. The third-order valence-corrected chi connectivity index (χ3v) is 2.64. The second-order valence-corrected chi connectivity index (χ2v) is 4.43. The van der Waals surface area contributed by atoms with Crippen LogP contribution < -0.4 is 4.74 Å². The lowest BCUT2D eigenvalue weighted by molar-refractivity contribution is 0.286. The fourth-order valence-electron chi connectivity index (χ4n) is 1.48. The van der Waals surface area contributed by atoms with Gasteiger partial charge in [0, 0.05) is 11.1 Å². The molecular formula is C12H14ClN3O. The average molecular weight is 252 g/mol. The molecule has 0 amide bonds. The van der Waals surface area contributed by atoms with Gasteiger partial charge in [-0.15, -0.1) is 10.2 Å². The maximum Gasteiger partial charge on any atom is 0.171 e. The first-order valence-corrected chi connectivity index (χ1v) is 5.81. The minimum absolute atomic E-state index is 0.328. The van der Waals surface area contributed by atoms with E-state index in [0.29, 0.717) is 17.7 Å². The molecular weight excluding hydrogens is 238 g/mol. The highest BCUT2D eigenvalue weighted by molar-refractivity contribution is 6.30. The Hall–Kier alpha value is -1.55. The number of halogens is 1. The highest BCUT2D eigenvalue weighted by Gasteiger charge is 2.07. The molecule has 4 nitrogen and oxygen atoms in total. The smallest absolute Gasteiger partial charge is 0.171 e.